The van der Waals surface area contributed by atoms with Gasteiger partial charge in [0.1, 0.15) is 5.82 Å². The van der Waals surface area contributed by atoms with E-state index < -0.39 is 0 Å². The monoisotopic (exact) mass is 290 g/mol. The molecule has 1 aliphatic rings. The highest BCUT2D eigenvalue weighted by Crippen LogP contribution is 2.23. The lowest BCUT2D eigenvalue weighted by atomic mass is 10.0. The number of hydrogen-bond acceptors (Lipinski definition) is 4. The maximum Gasteiger partial charge on any atom is 0.274 e. The molecule has 1 aromatic rings. The number of nitrogens with zero attached hydrogens (tertiary/aromatic N) is 3. The van der Waals surface area contributed by atoms with Crippen LogP contribution >= 0.6 is 0 Å². The smallest absolute Gasteiger partial charge is 0.274 e. The van der Waals surface area contributed by atoms with Crippen LogP contribution in [0.15, 0.2) is 6.20 Å². The van der Waals surface area contributed by atoms with Crippen molar-refractivity contribution < 1.29 is 4.79 Å². The summed E-state index contributed by atoms with van der Waals surface area (Å²) < 4.78 is 0. The van der Waals surface area contributed by atoms with Crippen molar-refractivity contribution in [1.82, 2.24) is 14.9 Å². The van der Waals surface area contributed by atoms with Crippen molar-refractivity contribution in [2.45, 2.75) is 58.9 Å². The Balaban J connectivity index is 2.34. The van der Waals surface area contributed by atoms with E-state index in [2.05, 4.69) is 22.2 Å². The van der Waals surface area contributed by atoms with Gasteiger partial charge in [0.05, 0.1) is 11.9 Å². The van der Waals surface area contributed by atoms with Gasteiger partial charge in [-0.3, -0.25) is 4.79 Å². The zero-order valence-electron chi connectivity index (χ0n) is 13.5. The van der Waals surface area contributed by atoms with E-state index in [-0.39, 0.29) is 17.9 Å². The summed E-state index contributed by atoms with van der Waals surface area (Å²) in [4.78, 5) is 23.7. The lowest BCUT2D eigenvalue weighted by molar-refractivity contribution is 0.0630. The van der Waals surface area contributed by atoms with E-state index in [1.165, 1.54) is 6.42 Å². The van der Waals surface area contributed by atoms with E-state index in [1.54, 1.807) is 6.20 Å². The second-order valence-corrected chi connectivity index (χ2v) is 6.02. The molecule has 116 valence electrons. The fourth-order valence-electron chi connectivity index (χ4n) is 2.69. The van der Waals surface area contributed by atoms with Crippen molar-refractivity contribution in [2.24, 2.45) is 0 Å². The van der Waals surface area contributed by atoms with Crippen LogP contribution in [0.25, 0.3) is 0 Å². The van der Waals surface area contributed by atoms with Crippen molar-refractivity contribution in [3.8, 4) is 0 Å². The van der Waals surface area contributed by atoms with Crippen molar-refractivity contribution in [3.05, 3.63) is 17.7 Å². The van der Waals surface area contributed by atoms with E-state index in [0.717, 1.165) is 37.4 Å². The molecule has 0 aromatic carbocycles. The topological polar surface area (TPSA) is 58.1 Å². The summed E-state index contributed by atoms with van der Waals surface area (Å²) in [5.74, 6) is 0.970. The van der Waals surface area contributed by atoms with Gasteiger partial charge < -0.3 is 10.2 Å². The first kappa shape index (κ1) is 15.7. The van der Waals surface area contributed by atoms with Crippen molar-refractivity contribution in [2.75, 3.05) is 18.4 Å². The Morgan fingerprint density at radius 1 is 1.48 bits per heavy atom. The second-order valence-electron chi connectivity index (χ2n) is 6.02. The fourth-order valence-corrected chi connectivity index (χ4v) is 2.69. The van der Waals surface area contributed by atoms with Crippen molar-refractivity contribution in [3.63, 3.8) is 0 Å². The minimum atomic E-state index is 0.0300. The summed E-state index contributed by atoms with van der Waals surface area (Å²) in [5, 5.41) is 3.20. The number of hydrogen-bond donors (Lipinski definition) is 1. The number of anilines is 1. The summed E-state index contributed by atoms with van der Waals surface area (Å²) in [6.45, 7) is 9.79. The molecule has 1 N–H and O–H groups in total. The van der Waals surface area contributed by atoms with Crippen LogP contribution in [0.4, 0.5) is 5.69 Å². The first-order valence-electron chi connectivity index (χ1n) is 7.96. The van der Waals surface area contributed by atoms with Gasteiger partial charge in [-0.25, -0.2) is 9.97 Å². The van der Waals surface area contributed by atoms with Crippen LogP contribution in [-0.2, 0) is 0 Å². The maximum absolute atomic E-state index is 12.9. The Kier molecular flexibility index (Phi) is 5.15. The van der Waals surface area contributed by atoms with Gasteiger partial charge in [-0.1, -0.05) is 13.8 Å². The lowest BCUT2D eigenvalue weighted by Gasteiger charge is -2.33. The molecule has 0 aliphatic carbocycles. The van der Waals surface area contributed by atoms with Gasteiger partial charge in [-0.2, -0.15) is 0 Å². The molecule has 0 spiro atoms. The minimum absolute atomic E-state index is 0.0300. The second kappa shape index (κ2) is 6.87. The third kappa shape index (κ3) is 3.52. The molecule has 1 aromatic heterocycles. The average Bonchev–Trinajstić information content (AvgIpc) is 2.47. The van der Waals surface area contributed by atoms with Gasteiger partial charge >= 0.3 is 0 Å². The van der Waals surface area contributed by atoms with Gasteiger partial charge in [-0.15, -0.1) is 0 Å². The molecule has 1 amide bonds. The predicted molar refractivity (Wildman–Crippen MR) is 84.6 cm³/mol. The molecule has 1 saturated heterocycles. The van der Waals surface area contributed by atoms with Gasteiger partial charge in [0.15, 0.2) is 5.69 Å². The first-order chi connectivity index (χ1) is 10.0. The summed E-state index contributed by atoms with van der Waals surface area (Å²) >= 11 is 0. The van der Waals surface area contributed by atoms with Crippen LogP contribution in [0.3, 0.4) is 0 Å². The molecule has 5 nitrogen and oxygen atoms in total. The van der Waals surface area contributed by atoms with E-state index in [1.807, 2.05) is 25.7 Å². The minimum Gasteiger partial charge on any atom is -0.382 e. The van der Waals surface area contributed by atoms with Gasteiger partial charge in [-0.05, 0) is 33.1 Å². The van der Waals surface area contributed by atoms with Crippen LogP contribution in [0, 0.1) is 0 Å². The molecule has 5 heteroatoms. The molecular formula is C16H26N4O. The quantitative estimate of drug-likeness (QED) is 0.926. The Labute approximate surface area is 127 Å². The number of carbonyl (C=O) groups is 1. The summed E-state index contributed by atoms with van der Waals surface area (Å²) in [5.41, 5.74) is 1.26. The Bertz CT molecular complexity index is 501. The summed E-state index contributed by atoms with van der Waals surface area (Å²) in [6, 6.07) is 0.290. The number of rotatable bonds is 4. The van der Waals surface area contributed by atoms with E-state index in [4.69, 9.17) is 0 Å². The van der Waals surface area contributed by atoms with Crippen LogP contribution < -0.4 is 5.32 Å². The summed E-state index contributed by atoms with van der Waals surface area (Å²) in [7, 11) is 0. The van der Waals surface area contributed by atoms with Crippen LogP contribution in [0.5, 0.6) is 0 Å². The van der Waals surface area contributed by atoms with Crippen molar-refractivity contribution >= 4 is 11.6 Å². The van der Waals surface area contributed by atoms with E-state index in [0.29, 0.717) is 5.69 Å². The molecule has 1 unspecified atom stereocenters. The molecule has 1 atom stereocenters. The first-order valence-corrected chi connectivity index (χ1v) is 7.96. The number of aromatic nitrogens is 2. The highest BCUT2D eigenvalue weighted by atomic mass is 16.2. The predicted octanol–water partition coefficient (Wildman–Crippen LogP) is 3.05. The largest absolute Gasteiger partial charge is 0.382 e. The molecule has 0 saturated carbocycles. The van der Waals surface area contributed by atoms with Crippen LogP contribution in [0.2, 0.25) is 0 Å². The highest BCUT2D eigenvalue weighted by Gasteiger charge is 2.27. The molecular weight excluding hydrogens is 264 g/mol. The molecule has 21 heavy (non-hydrogen) atoms. The normalized spacial score (nSPS) is 18.9. The van der Waals surface area contributed by atoms with Gasteiger partial charge in [0.25, 0.3) is 5.91 Å². The number of likely N-dealkylation sites (tertiary alicyclic amines) is 1. The lowest BCUT2D eigenvalue weighted by Crippen LogP contribution is -2.42. The number of nitrogens with one attached hydrogen (secondary N) is 1. The van der Waals surface area contributed by atoms with E-state index in [9.17, 15) is 4.79 Å². The Hall–Kier alpha value is -1.65. The SMILES string of the molecule is CCNc1cnc(C(C)C)nc1C(=O)N1CCCCC1C. The maximum atomic E-state index is 12.9. The van der Waals surface area contributed by atoms with Crippen LogP contribution in [0.1, 0.15) is 69.2 Å². The van der Waals surface area contributed by atoms with Crippen LogP contribution in [-0.4, -0.2) is 39.9 Å². The molecule has 0 bridgehead atoms. The van der Waals surface area contributed by atoms with Gasteiger partial charge in [0, 0.05) is 25.0 Å². The van der Waals surface area contributed by atoms with Gasteiger partial charge in [0.2, 0.25) is 0 Å². The third-order valence-corrected chi connectivity index (χ3v) is 3.96. The Morgan fingerprint density at radius 3 is 2.86 bits per heavy atom. The highest BCUT2D eigenvalue weighted by molar-refractivity contribution is 5.97. The molecule has 0 radical (unpaired) electrons. The third-order valence-electron chi connectivity index (χ3n) is 3.96. The Morgan fingerprint density at radius 2 is 2.24 bits per heavy atom. The number of carbonyl (C=O) groups excluding carboxylic acids is 1. The molecule has 2 heterocycles. The fraction of sp³-hybridized carbons (Fsp3) is 0.688. The number of piperidine rings is 1. The zero-order chi connectivity index (χ0) is 15.4. The van der Waals surface area contributed by atoms with E-state index >= 15 is 0 Å². The molecule has 2 rings (SSSR count). The average molecular weight is 290 g/mol. The standard InChI is InChI=1S/C16H26N4O/c1-5-17-13-10-18-15(11(2)3)19-14(13)16(21)20-9-7-6-8-12(20)4/h10-12,17H,5-9H2,1-4H3. The molecule has 1 fully saturated rings. The number of amides is 1. The molecule has 1 aliphatic heterocycles. The van der Waals surface area contributed by atoms with Crippen molar-refractivity contribution in [1.29, 1.82) is 0 Å². The summed E-state index contributed by atoms with van der Waals surface area (Å²) in [6.07, 6.45) is 5.10. The zero-order valence-corrected chi connectivity index (χ0v) is 13.5.